The Morgan fingerprint density at radius 3 is 2.64 bits per heavy atom. The Balaban J connectivity index is 1.36. The standard InChI is InChI=1S/C26H26FN5O/c1-17-20(18(2)31(30-17)19-9-4-3-5-10-19)15-26(33)29-23-12-8-14-24-21(23)16-28-32(24)25-13-7-6-11-22(25)27/h3-7,9-11,13,16,23H,8,12,14-15H2,1-2H3,(H,29,33)/t23-/m0/s1. The molecule has 0 spiro atoms. The van der Waals surface area contributed by atoms with E-state index in [1.807, 2.05) is 48.9 Å². The van der Waals surface area contributed by atoms with Crippen molar-refractivity contribution in [2.75, 3.05) is 0 Å². The predicted molar refractivity (Wildman–Crippen MR) is 124 cm³/mol. The molecular formula is C26H26FN5O. The molecule has 7 heteroatoms. The van der Waals surface area contributed by atoms with Gasteiger partial charge in [-0.15, -0.1) is 0 Å². The summed E-state index contributed by atoms with van der Waals surface area (Å²) in [5.41, 5.74) is 6.09. The third-order valence-electron chi connectivity index (χ3n) is 6.38. The zero-order valence-electron chi connectivity index (χ0n) is 18.8. The molecular weight excluding hydrogens is 417 g/mol. The van der Waals surface area contributed by atoms with E-state index in [0.29, 0.717) is 5.69 Å². The highest BCUT2D eigenvalue weighted by Gasteiger charge is 2.27. The Bertz CT molecular complexity index is 1310. The minimum Gasteiger partial charge on any atom is -0.349 e. The van der Waals surface area contributed by atoms with Crippen molar-refractivity contribution < 1.29 is 9.18 Å². The molecule has 1 aliphatic carbocycles. The lowest BCUT2D eigenvalue weighted by molar-refractivity contribution is -0.121. The summed E-state index contributed by atoms with van der Waals surface area (Å²) in [6, 6.07) is 16.4. The molecule has 168 valence electrons. The molecule has 5 rings (SSSR count). The van der Waals surface area contributed by atoms with Crippen LogP contribution >= 0.6 is 0 Å². The number of nitrogens with zero attached hydrogens (tertiary/aromatic N) is 4. The van der Waals surface area contributed by atoms with Gasteiger partial charge in [-0.2, -0.15) is 10.2 Å². The van der Waals surface area contributed by atoms with Crippen LogP contribution in [0.4, 0.5) is 4.39 Å². The zero-order chi connectivity index (χ0) is 22.9. The predicted octanol–water partition coefficient (Wildman–Crippen LogP) is 4.55. The SMILES string of the molecule is Cc1nn(-c2ccccc2)c(C)c1CC(=O)N[C@H]1CCCc2c1cnn2-c1ccccc1F. The number of hydrogen-bond donors (Lipinski definition) is 1. The van der Waals surface area contributed by atoms with Crippen LogP contribution in [-0.2, 0) is 17.6 Å². The third kappa shape index (κ3) is 3.95. The Hall–Kier alpha value is -3.74. The van der Waals surface area contributed by atoms with Gasteiger partial charge in [0, 0.05) is 22.5 Å². The van der Waals surface area contributed by atoms with Gasteiger partial charge in [0.25, 0.3) is 0 Å². The second-order valence-electron chi connectivity index (χ2n) is 8.50. The molecule has 0 radical (unpaired) electrons. The van der Waals surface area contributed by atoms with Crippen molar-refractivity contribution >= 4 is 5.91 Å². The van der Waals surface area contributed by atoms with Crippen LogP contribution in [0.2, 0.25) is 0 Å². The first-order valence-corrected chi connectivity index (χ1v) is 11.2. The van der Waals surface area contributed by atoms with E-state index in [1.54, 1.807) is 29.1 Å². The first-order chi connectivity index (χ1) is 16.0. The molecule has 33 heavy (non-hydrogen) atoms. The van der Waals surface area contributed by atoms with Crippen LogP contribution in [0.25, 0.3) is 11.4 Å². The summed E-state index contributed by atoms with van der Waals surface area (Å²) in [6.07, 6.45) is 4.57. The minimum atomic E-state index is -0.309. The average Bonchev–Trinajstić information content (AvgIpc) is 3.37. The molecule has 2 heterocycles. The number of para-hydroxylation sites is 2. The van der Waals surface area contributed by atoms with E-state index >= 15 is 0 Å². The molecule has 0 fully saturated rings. The highest BCUT2D eigenvalue weighted by atomic mass is 19.1. The normalized spacial score (nSPS) is 15.3. The number of aromatic nitrogens is 4. The first-order valence-electron chi connectivity index (χ1n) is 11.2. The van der Waals surface area contributed by atoms with Crippen LogP contribution < -0.4 is 5.32 Å². The molecule has 0 aliphatic heterocycles. The lowest BCUT2D eigenvalue weighted by Gasteiger charge is -2.24. The average molecular weight is 444 g/mol. The molecule has 0 saturated heterocycles. The number of fused-ring (bicyclic) bond motifs is 1. The monoisotopic (exact) mass is 443 g/mol. The quantitative estimate of drug-likeness (QED) is 0.492. The van der Waals surface area contributed by atoms with E-state index in [9.17, 15) is 9.18 Å². The van der Waals surface area contributed by atoms with Crippen molar-refractivity contribution in [1.29, 1.82) is 0 Å². The van der Waals surface area contributed by atoms with Crippen molar-refractivity contribution in [2.24, 2.45) is 0 Å². The van der Waals surface area contributed by atoms with Crippen LogP contribution in [-0.4, -0.2) is 25.5 Å². The van der Waals surface area contributed by atoms with E-state index in [0.717, 1.165) is 53.2 Å². The van der Waals surface area contributed by atoms with Crippen LogP contribution in [0, 0.1) is 19.7 Å². The molecule has 0 bridgehead atoms. The van der Waals surface area contributed by atoms with E-state index in [2.05, 4.69) is 15.5 Å². The number of hydrogen-bond acceptors (Lipinski definition) is 3. The summed E-state index contributed by atoms with van der Waals surface area (Å²) in [5.74, 6) is -0.360. The number of carbonyl (C=O) groups is 1. The van der Waals surface area contributed by atoms with Gasteiger partial charge in [0.05, 0.1) is 30.0 Å². The van der Waals surface area contributed by atoms with Gasteiger partial charge >= 0.3 is 0 Å². The summed E-state index contributed by atoms with van der Waals surface area (Å²) in [7, 11) is 0. The Morgan fingerprint density at radius 1 is 1.09 bits per heavy atom. The number of nitrogens with one attached hydrogen (secondary N) is 1. The van der Waals surface area contributed by atoms with E-state index in [4.69, 9.17) is 0 Å². The number of benzene rings is 2. The fourth-order valence-corrected chi connectivity index (χ4v) is 4.70. The molecule has 0 unspecified atom stereocenters. The van der Waals surface area contributed by atoms with Crippen molar-refractivity contribution in [3.05, 3.63) is 94.8 Å². The Kier molecular flexibility index (Phi) is 5.54. The highest BCUT2D eigenvalue weighted by molar-refractivity contribution is 5.79. The fraction of sp³-hybridized carbons (Fsp3) is 0.269. The maximum absolute atomic E-state index is 14.3. The van der Waals surface area contributed by atoms with Crippen molar-refractivity contribution in [1.82, 2.24) is 24.9 Å². The highest BCUT2D eigenvalue weighted by Crippen LogP contribution is 2.31. The van der Waals surface area contributed by atoms with Gasteiger partial charge in [0.2, 0.25) is 5.91 Å². The summed E-state index contributed by atoms with van der Waals surface area (Å²) < 4.78 is 17.9. The first kappa shape index (κ1) is 21.1. The van der Waals surface area contributed by atoms with Gasteiger partial charge in [0.15, 0.2) is 0 Å². The number of aryl methyl sites for hydroxylation is 1. The van der Waals surface area contributed by atoms with E-state index in [-0.39, 0.29) is 24.2 Å². The van der Waals surface area contributed by atoms with Crippen molar-refractivity contribution in [3.8, 4) is 11.4 Å². The van der Waals surface area contributed by atoms with Crippen LogP contribution in [0.5, 0.6) is 0 Å². The van der Waals surface area contributed by atoms with Gasteiger partial charge in [0.1, 0.15) is 11.5 Å². The number of halogens is 1. The molecule has 6 nitrogen and oxygen atoms in total. The lowest BCUT2D eigenvalue weighted by atomic mass is 9.92. The van der Waals surface area contributed by atoms with E-state index < -0.39 is 0 Å². The van der Waals surface area contributed by atoms with Crippen molar-refractivity contribution in [3.63, 3.8) is 0 Å². The molecule has 1 aliphatic rings. The van der Waals surface area contributed by atoms with Crippen LogP contribution in [0.15, 0.2) is 60.8 Å². The van der Waals surface area contributed by atoms with Crippen molar-refractivity contribution in [2.45, 2.75) is 45.6 Å². The molecule has 1 atom stereocenters. The largest absolute Gasteiger partial charge is 0.349 e. The van der Waals surface area contributed by atoms with Gasteiger partial charge < -0.3 is 5.32 Å². The Labute approximate surface area is 192 Å². The maximum atomic E-state index is 14.3. The number of rotatable bonds is 5. The Morgan fingerprint density at radius 2 is 1.85 bits per heavy atom. The molecule has 0 saturated carbocycles. The molecule has 2 aromatic carbocycles. The number of carbonyl (C=O) groups excluding carboxylic acids is 1. The van der Waals surface area contributed by atoms with Gasteiger partial charge in [-0.25, -0.2) is 13.8 Å². The van der Waals surface area contributed by atoms with Crippen LogP contribution in [0.3, 0.4) is 0 Å². The molecule has 1 amide bonds. The second kappa shape index (κ2) is 8.65. The topological polar surface area (TPSA) is 64.7 Å². The smallest absolute Gasteiger partial charge is 0.225 e. The third-order valence-corrected chi connectivity index (χ3v) is 6.38. The number of amides is 1. The molecule has 4 aromatic rings. The van der Waals surface area contributed by atoms with Gasteiger partial charge in [-0.3, -0.25) is 4.79 Å². The van der Waals surface area contributed by atoms with Gasteiger partial charge in [-0.1, -0.05) is 30.3 Å². The molecule has 2 aromatic heterocycles. The minimum absolute atomic E-state index is 0.0506. The lowest BCUT2D eigenvalue weighted by Crippen LogP contribution is -2.32. The molecule has 1 N–H and O–H groups in total. The second-order valence-corrected chi connectivity index (χ2v) is 8.50. The summed E-state index contributed by atoms with van der Waals surface area (Å²) in [4.78, 5) is 13.0. The summed E-state index contributed by atoms with van der Waals surface area (Å²) in [6.45, 7) is 3.93. The summed E-state index contributed by atoms with van der Waals surface area (Å²) in [5, 5.41) is 12.3. The van der Waals surface area contributed by atoms with Gasteiger partial charge in [-0.05, 0) is 57.4 Å². The van der Waals surface area contributed by atoms with E-state index in [1.165, 1.54) is 6.07 Å². The van der Waals surface area contributed by atoms with Crippen LogP contribution in [0.1, 0.15) is 47.1 Å². The maximum Gasteiger partial charge on any atom is 0.225 e. The fourth-order valence-electron chi connectivity index (χ4n) is 4.70. The summed E-state index contributed by atoms with van der Waals surface area (Å²) >= 11 is 0. The zero-order valence-corrected chi connectivity index (χ0v) is 18.8.